The van der Waals surface area contributed by atoms with E-state index in [9.17, 15) is 4.79 Å². The van der Waals surface area contributed by atoms with Gasteiger partial charge in [-0.2, -0.15) is 0 Å². The summed E-state index contributed by atoms with van der Waals surface area (Å²) in [6.45, 7) is 7.52. The molecule has 0 spiro atoms. The van der Waals surface area contributed by atoms with Gasteiger partial charge in [0, 0.05) is 36.3 Å². The van der Waals surface area contributed by atoms with E-state index in [0.717, 1.165) is 56.6 Å². The Morgan fingerprint density at radius 2 is 1.97 bits per heavy atom. The highest BCUT2D eigenvalue weighted by Crippen LogP contribution is 2.23. The fraction of sp³-hybridized carbons (Fsp3) is 0.500. The topological polar surface area (TPSA) is 32.3 Å². The molecule has 3 rings (SSSR count). The van der Waals surface area contributed by atoms with Crippen molar-refractivity contribution >= 4 is 11.5 Å². The van der Waals surface area contributed by atoms with Crippen molar-refractivity contribution in [2.75, 3.05) is 18.4 Å². The van der Waals surface area contributed by atoms with Crippen LogP contribution in [0.2, 0.25) is 0 Å². The maximum Gasteiger partial charge on any atom is 0.166 e. The van der Waals surface area contributed by atoms with E-state index in [0.29, 0.717) is 11.8 Å². The van der Waals surface area contributed by atoms with Crippen LogP contribution in [0.3, 0.4) is 0 Å². The number of anilines is 1. The van der Waals surface area contributed by atoms with Crippen molar-refractivity contribution in [2.45, 2.75) is 65.0 Å². The van der Waals surface area contributed by atoms with E-state index in [1.54, 1.807) is 0 Å². The summed E-state index contributed by atoms with van der Waals surface area (Å²) in [6.07, 6.45) is 6.58. The Kier molecular flexibility index (Phi) is 8.30. The third kappa shape index (κ3) is 6.43. The number of rotatable bonds is 10. The van der Waals surface area contributed by atoms with Gasteiger partial charge in [-0.1, -0.05) is 69.2 Å². The highest BCUT2D eigenvalue weighted by Gasteiger charge is 2.21. The lowest BCUT2D eigenvalue weighted by atomic mass is 9.90. The molecule has 0 aliphatic carbocycles. The molecule has 0 radical (unpaired) electrons. The molecule has 1 N–H and O–H groups in total. The van der Waals surface area contributed by atoms with Crippen molar-refractivity contribution < 1.29 is 4.79 Å². The van der Waals surface area contributed by atoms with Gasteiger partial charge in [-0.25, -0.2) is 0 Å². The zero-order valence-electron chi connectivity index (χ0n) is 18.1. The molecule has 2 atom stereocenters. The molecule has 0 saturated carbocycles. The second-order valence-electron chi connectivity index (χ2n) is 8.40. The van der Waals surface area contributed by atoms with Crippen molar-refractivity contribution in [1.29, 1.82) is 0 Å². The summed E-state index contributed by atoms with van der Waals surface area (Å²) in [5, 5.41) is 3.70. The number of nitrogens with zero attached hydrogens (tertiary/aromatic N) is 1. The summed E-state index contributed by atoms with van der Waals surface area (Å²) in [5.41, 5.74) is 3.31. The lowest BCUT2D eigenvalue weighted by Gasteiger charge is -2.33. The van der Waals surface area contributed by atoms with Gasteiger partial charge >= 0.3 is 0 Å². The largest absolute Gasteiger partial charge is 0.381 e. The SMILES string of the molecule is CCCCC(CC)C(=O)c1cccc(NC2CCCN(Cc3ccccc3)C2)c1. The van der Waals surface area contributed by atoms with E-state index in [2.05, 4.69) is 66.5 Å². The summed E-state index contributed by atoms with van der Waals surface area (Å²) in [6, 6.07) is 19.3. The second kappa shape index (κ2) is 11.2. The summed E-state index contributed by atoms with van der Waals surface area (Å²) < 4.78 is 0. The fourth-order valence-electron chi connectivity index (χ4n) is 4.36. The first-order valence-corrected chi connectivity index (χ1v) is 11.4. The maximum absolute atomic E-state index is 12.9. The van der Waals surface area contributed by atoms with Crippen molar-refractivity contribution in [1.82, 2.24) is 4.90 Å². The van der Waals surface area contributed by atoms with Crippen LogP contribution in [-0.4, -0.2) is 29.8 Å². The summed E-state index contributed by atoms with van der Waals surface area (Å²) in [7, 11) is 0. The molecular weight excluding hydrogens is 356 g/mol. The minimum atomic E-state index is 0.154. The van der Waals surface area contributed by atoms with Crippen LogP contribution >= 0.6 is 0 Å². The Morgan fingerprint density at radius 1 is 1.14 bits per heavy atom. The van der Waals surface area contributed by atoms with E-state index in [1.807, 2.05) is 12.1 Å². The average molecular weight is 393 g/mol. The van der Waals surface area contributed by atoms with Crippen molar-refractivity contribution in [2.24, 2.45) is 5.92 Å². The van der Waals surface area contributed by atoms with Gasteiger partial charge in [0.25, 0.3) is 0 Å². The quantitative estimate of drug-likeness (QED) is 0.491. The van der Waals surface area contributed by atoms with Gasteiger partial charge in [-0.05, 0) is 49.9 Å². The number of hydrogen-bond acceptors (Lipinski definition) is 3. The number of piperidine rings is 1. The van der Waals surface area contributed by atoms with Crippen LogP contribution in [0.5, 0.6) is 0 Å². The molecule has 3 heteroatoms. The first-order chi connectivity index (χ1) is 14.2. The van der Waals surface area contributed by atoms with Gasteiger partial charge in [0.2, 0.25) is 0 Å². The molecule has 1 fully saturated rings. The van der Waals surface area contributed by atoms with Crippen LogP contribution in [0.25, 0.3) is 0 Å². The summed E-state index contributed by atoms with van der Waals surface area (Å²) in [4.78, 5) is 15.5. The van der Waals surface area contributed by atoms with Crippen LogP contribution in [0.1, 0.15) is 68.3 Å². The van der Waals surface area contributed by atoms with E-state index in [4.69, 9.17) is 0 Å². The molecule has 3 nitrogen and oxygen atoms in total. The van der Waals surface area contributed by atoms with Crippen molar-refractivity contribution in [3.63, 3.8) is 0 Å². The number of hydrogen-bond donors (Lipinski definition) is 1. The van der Waals surface area contributed by atoms with Crippen LogP contribution in [0.15, 0.2) is 54.6 Å². The molecule has 0 aromatic heterocycles. The minimum absolute atomic E-state index is 0.154. The zero-order chi connectivity index (χ0) is 20.5. The highest BCUT2D eigenvalue weighted by molar-refractivity contribution is 5.98. The number of carbonyl (C=O) groups excluding carboxylic acids is 1. The maximum atomic E-state index is 12.9. The first-order valence-electron chi connectivity index (χ1n) is 11.4. The molecule has 0 amide bonds. The molecule has 1 aliphatic heterocycles. The Morgan fingerprint density at radius 3 is 2.72 bits per heavy atom. The number of likely N-dealkylation sites (tertiary alicyclic amines) is 1. The predicted molar refractivity (Wildman–Crippen MR) is 122 cm³/mol. The highest BCUT2D eigenvalue weighted by atomic mass is 16.1. The van der Waals surface area contributed by atoms with E-state index in [1.165, 1.54) is 18.4 Å². The van der Waals surface area contributed by atoms with Crippen molar-refractivity contribution in [3.05, 3.63) is 65.7 Å². The van der Waals surface area contributed by atoms with Gasteiger partial charge in [0.05, 0.1) is 0 Å². The van der Waals surface area contributed by atoms with Gasteiger partial charge in [0.15, 0.2) is 5.78 Å². The van der Waals surface area contributed by atoms with Gasteiger partial charge < -0.3 is 5.32 Å². The van der Waals surface area contributed by atoms with Crippen molar-refractivity contribution in [3.8, 4) is 0 Å². The molecule has 29 heavy (non-hydrogen) atoms. The van der Waals surface area contributed by atoms with Gasteiger partial charge in [-0.3, -0.25) is 9.69 Å². The number of unbranched alkanes of at least 4 members (excludes halogenated alkanes) is 1. The third-order valence-electron chi connectivity index (χ3n) is 6.04. The van der Waals surface area contributed by atoms with Crippen LogP contribution in [-0.2, 0) is 6.54 Å². The minimum Gasteiger partial charge on any atom is -0.381 e. The van der Waals surface area contributed by atoms with E-state index < -0.39 is 0 Å². The molecule has 156 valence electrons. The zero-order valence-corrected chi connectivity index (χ0v) is 18.1. The Balaban J connectivity index is 1.59. The van der Waals surface area contributed by atoms with Crippen LogP contribution < -0.4 is 5.32 Å². The van der Waals surface area contributed by atoms with Gasteiger partial charge in [0.1, 0.15) is 0 Å². The summed E-state index contributed by atoms with van der Waals surface area (Å²) >= 11 is 0. The molecule has 0 bridgehead atoms. The molecule has 2 aromatic carbocycles. The molecule has 1 saturated heterocycles. The predicted octanol–water partition coefficient (Wildman–Crippen LogP) is 6.16. The standard InChI is InChI=1S/C26H36N2O/c1-3-5-13-22(4-2)26(29)23-14-9-15-24(18-23)27-25-16-10-17-28(20-25)19-21-11-7-6-8-12-21/h6-9,11-12,14-15,18,22,25,27H,3-5,10,13,16-17,19-20H2,1-2H3. The number of ketones is 1. The Hall–Kier alpha value is -2.13. The molecule has 2 unspecified atom stereocenters. The van der Waals surface area contributed by atoms with Crippen LogP contribution in [0.4, 0.5) is 5.69 Å². The van der Waals surface area contributed by atoms with E-state index in [-0.39, 0.29) is 5.92 Å². The van der Waals surface area contributed by atoms with Gasteiger partial charge in [-0.15, -0.1) is 0 Å². The van der Waals surface area contributed by atoms with Crippen LogP contribution in [0, 0.1) is 5.92 Å². The third-order valence-corrected chi connectivity index (χ3v) is 6.04. The van der Waals surface area contributed by atoms with E-state index >= 15 is 0 Å². The fourth-order valence-corrected chi connectivity index (χ4v) is 4.36. The normalized spacial score (nSPS) is 18.3. The lowest BCUT2D eigenvalue weighted by Crippen LogP contribution is -2.41. The number of benzene rings is 2. The number of Topliss-reactive ketones (excluding diaryl/α,β-unsaturated/α-hetero) is 1. The smallest absolute Gasteiger partial charge is 0.166 e. The number of nitrogens with one attached hydrogen (secondary N) is 1. The molecule has 1 heterocycles. The first kappa shape index (κ1) is 21.6. The Labute approximate surface area is 176 Å². The monoisotopic (exact) mass is 392 g/mol. The molecular formula is C26H36N2O. The second-order valence-corrected chi connectivity index (χ2v) is 8.40. The summed E-state index contributed by atoms with van der Waals surface area (Å²) in [5.74, 6) is 0.459. The lowest BCUT2D eigenvalue weighted by molar-refractivity contribution is 0.0908. The molecule has 1 aliphatic rings. The average Bonchev–Trinajstić information content (AvgIpc) is 2.75. The number of carbonyl (C=O) groups is 1. The molecule has 2 aromatic rings. The Bertz CT molecular complexity index is 758.